The third-order valence-corrected chi connectivity index (χ3v) is 4.34. The van der Waals surface area contributed by atoms with Crippen molar-refractivity contribution in [2.24, 2.45) is 0 Å². The van der Waals surface area contributed by atoms with Crippen LogP contribution < -0.4 is 19.5 Å². The molecule has 0 bridgehead atoms. The minimum absolute atomic E-state index is 0.00411. The van der Waals surface area contributed by atoms with E-state index in [1.165, 1.54) is 25.7 Å². The van der Waals surface area contributed by atoms with Crippen LogP contribution >= 0.6 is 0 Å². The molecule has 0 spiro atoms. The van der Waals surface area contributed by atoms with E-state index in [4.69, 9.17) is 14.2 Å². The monoisotopic (exact) mass is 371 g/mol. The molecule has 0 radical (unpaired) electrons. The number of benzene rings is 2. The summed E-state index contributed by atoms with van der Waals surface area (Å²) in [5.74, 6) is 2.42. The number of nitrogens with one attached hydrogen (secondary N) is 1. The van der Waals surface area contributed by atoms with Crippen LogP contribution in [0.4, 0.5) is 5.69 Å². The fourth-order valence-corrected chi connectivity index (χ4v) is 2.83. The fraction of sp³-hybridized carbons (Fsp3) is 0.478. The molecule has 2 aromatic carbocycles. The molecule has 0 saturated carbocycles. The summed E-state index contributed by atoms with van der Waals surface area (Å²) in [5, 5.41) is 3.42. The summed E-state index contributed by atoms with van der Waals surface area (Å²) in [6.07, 6.45) is 6.24. The maximum atomic E-state index is 5.98. The molecule has 1 unspecified atom stereocenters. The molecular weight excluding hydrogens is 338 g/mol. The number of hydrogen-bond acceptors (Lipinski definition) is 4. The molecule has 0 amide bonds. The molecule has 2 aromatic rings. The van der Waals surface area contributed by atoms with Crippen LogP contribution in [0.1, 0.15) is 46.0 Å². The SMILES string of the molecule is CCCCCCCOc1cccc(NCC(C)Oc2ccccc2OC)c1. The van der Waals surface area contributed by atoms with Crippen molar-refractivity contribution in [3.8, 4) is 17.2 Å². The maximum absolute atomic E-state index is 5.98. The van der Waals surface area contributed by atoms with Crippen LogP contribution in [0.5, 0.6) is 17.2 Å². The van der Waals surface area contributed by atoms with E-state index in [2.05, 4.69) is 12.2 Å². The van der Waals surface area contributed by atoms with Crippen molar-refractivity contribution >= 4 is 5.69 Å². The highest BCUT2D eigenvalue weighted by Gasteiger charge is 2.08. The Kier molecular flexibility index (Phi) is 9.39. The Morgan fingerprint density at radius 3 is 2.48 bits per heavy atom. The molecule has 27 heavy (non-hydrogen) atoms. The van der Waals surface area contributed by atoms with Crippen LogP contribution in [-0.4, -0.2) is 26.4 Å². The van der Waals surface area contributed by atoms with Crippen molar-refractivity contribution in [1.29, 1.82) is 0 Å². The Bertz CT molecular complexity index is 660. The van der Waals surface area contributed by atoms with E-state index in [9.17, 15) is 0 Å². The lowest BCUT2D eigenvalue weighted by Crippen LogP contribution is -2.22. The summed E-state index contributed by atoms with van der Waals surface area (Å²) in [7, 11) is 1.65. The van der Waals surface area contributed by atoms with Crippen molar-refractivity contribution in [2.45, 2.75) is 52.1 Å². The molecule has 0 aliphatic rings. The Morgan fingerprint density at radius 1 is 0.926 bits per heavy atom. The van der Waals surface area contributed by atoms with Gasteiger partial charge in [-0.1, -0.05) is 50.8 Å². The lowest BCUT2D eigenvalue weighted by Gasteiger charge is -2.18. The molecule has 0 heterocycles. The molecule has 0 aliphatic carbocycles. The van der Waals surface area contributed by atoms with E-state index in [-0.39, 0.29) is 6.10 Å². The van der Waals surface area contributed by atoms with Gasteiger partial charge < -0.3 is 19.5 Å². The Labute approximate surface area is 163 Å². The van der Waals surface area contributed by atoms with E-state index in [1.54, 1.807) is 7.11 Å². The third kappa shape index (κ3) is 7.81. The maximum Gasteiger partial charge on any atom is 0.161 e. The highest BCUT2D eigenvalue weighted by atomic mass is 16.5. The number of unbranched alkanes of at least 4 members (excludes halogenated alkanes) is 4. The number of hydrogen-bond donors (Lipinski definition) is 1. The molecule has 0 aliphatic heterocycles. The number of anilines is 1. The molecule has 4 heteroatoms. The Morgan fingerprint density at radius 2 is 1.70 bits per heavy atom. The first-order valence-electron chi connectivity index (χ1n) is 9.99. The molecule has 0 fully saturated rings. The summed E-state index contributed by atoms with van der Waals surface area (Å²) < 4.78 is 17.2. The first kappa shape index (κ1) is 20.9. The second-order valence-electron chi connectivity index (χ2n) is 6.75. The molecule has 1 N–H and O–H groups in total. The van der Waals surface area contributed by atoms with Crippen LogP contribution in [-0.2, 0) is 0 Å². The van der Waals surface area contributed by atoms with Crippen LogP contribution in [0.15, 0.2) is 48.5 Å². The van der Waals surface area contributed by atoms with Crippen LogP contribution in [0, 0.1) is 0 Å². The molecule has 0 aromatic heterocycles. The first-order valence-corrected chi connectivity index (χ1v) is 9.99. The average Bonchev–Trinajstić information content (AvgIpc) is 2.70. The summed E-state index contributed by atoms with van der Waals surface area (Å²) in [5.41, 5.74) is 1.04. The highest BCUT2D eigenvalue weighted by molar-refractivity contribution is 5.48. The molecule has 2 rings (SSSR count). The summed E-state index contributed by atoms with van der Waals surface area (Å²) in [6.45, 7) is 5.74. The predicted molar refractivity (Wildman–Crippen MR) is 112 cm³/mol. The van der Waals surface area contributed by atoms with Gasteiger partial charge in [0.15, 0.2) is 11.5 Å². The molecule has 4 nitrogen and oxygen atoms in total. The fourth-order valence-electron chi connectivity index (χ4n) is 2.83. The number of methoxy groups -OCH3 is 1. The van der Waals surface area contributed by atoms with Crippen molar-refractivity contribution in [3.63, 3.8) is 0 Å². The smallest absolute Gasteiger partial charge is 0.161 e. The minimum Gasteiger partial charge on any atom is -0.494 e. The van der Waals surface area contributed by atoms with E-state index in [0.29, 0.717) is 6.54 Å². The summed E-state index contributed by atoms with van der Waals surface area (Å²) >= 11 is 0. The van der Waals surface area contributed by atoms with Crippen molar-refractivity contribution in [3.05, 3.63) is 48.5 Å². The van der Waals surface area contributed by atoms with Crippen molar-refractivity contribution in [2.75, 3.05) is 25.6 Å². The van der Waals surface area contributed by atoms with E-state index < -0.39 is 0 Å². The quantitative estimate of drug-likeness (QED) is 0.443. The number of para-hydroxylation sites is 2. The van der Waals surface area contributed by atoms with E-state index in [0.717, 1.165) is 36.0 Å². The van der Waals surface area contributed by atoms with Gasteiger partial charge in [0.25, 0.3) is 0 Å². The van der Waals surface area contributed by atoms with Gasteiger partial charge in [0.1, 0.15) is 11.9 Å². The van der Waals surface area contributed by atoms with Gasteiger partial charge in [0, 0.05) is 11.8 Å². The second-order valence-corrected chi connectivity index (χ2v) is 6.75. The van der Waals surface area contributed by atoms with Gasteiger partial charge in [-0.25, -0.2) is 0 Å². The van der Waals surface area contributed by atoms with Gasteiger partial charge in [-0.3, -0.25) is 0 Å². The van der Waals surface area contributed by atoms with E-state index in [1.807, 2.05) is 55.5 Å². The lowest BCUT2D eigenvalue weighted by atomic mass is 10.2. The Balaban J connectivity index is 1.75. The zero-order chi connectivity index (χ0) is 19.3. The van der Waals surface area contributed by atoms with Gasteiger partial charge in [-0.15, -0.1) is 0 Å². The topological polar surface area (TPSA) is 39.7 Å². The van der Waals surface area contributed by atoms with Crippen LogP contribution in [0.25, 0.3) is 0 Å². The Hall–Kier alpha value is -2.36. The van der Waals surface area contributed by atoms with Gasteiger partial charge in [0.05, 0.1) is 20.3 Å². The van der Waals surface area contributed by atoms with Crippen molar-refractivity contribution < 1.29 is 14.2 Å². The average molecular weight is 372 g/mol. The van der Waals surface area contributed by atoms with Crippen LogP contribution in [0.2, 0.25) is 0 Å². The molecule has 0 saturated heterocycles. The largest absolute Gasteiger partial charge is 0.494 e. The molecule has 148 valence electrons. The van der Waals surface area contributed by atoms with Crippen LogP contribution in [0.3, 0.4) is 0 Å². The van der Waals surface area contributed by atoms with Gasteiger partial charge >= 0.3 is 0 Å². The normalized spacial score (nSPS) is 11.7. The standard InChI is InChI=1S/C23H33NO3/c1-4-5-6-7-10-16-26-21-13-11-12-20(17-21)24-18-19(2)27-23-15-9-8-14-22(23)25-3/h8-9,11-15,17,19,24H,4-7,10,16,18H2,1-3H3. The van der Waals surface area contributed by atoms with Gasteiger partial charge in [-0.05, 0) is 37.6 Å². The van der Waals surface area contributed by atoms with Gasteiger partial charge in [0.2, 0.25) is 0 Å². The summed E-state index contributed by atoms with van der Waals surface area (Å²) in [6, 6.07) is 15.8. The number of ether oxygens (including phenoxy) is 3. The second kappa shape index (κ2) is 12.1. The van der Waals surface area contributed by atoms with Gasteiger partial charge in [-0.2, -0.15) is 0 Å². The zero-order valence-corrected chi connectivity index (χ0v) is 16.9. The molecule has 1 atom stereocenters. The number of rotatable bonds is 13. The first-order chi connectivity index (χ1) is 13.2. The van der Waals surface area contributed by atoms with Crippen molar-refractivity contribution in [1.82, 2.24) is 0 Å². The summed E-state index contributed by atoms with van der Waals surface area (Å²) in [4.78, 5) is 0. The van der Waals surface area contributed by atoms with E-state index >= 15 is 0 Å². The third-order valence-electron chi connectivity index (χ3n) is 4.34. The zero-order valence-electron chi connectivity index (χ0n) is 16.9. The minimum atomic E-state index is 0.00411. The highest BCUT2D eigenvalue weighted by Crippen LogP contribution is 2.27. The molecular formula is C23H33NO3. The predicted octanol–water partition coefficient (Wildman–Crippen LogP) is 5.92. The lowest BCUT2D eigenvalue weighted by molar-refractivity contribution is 0.223.